The summed E-state index contributed by atoms with van der Waals surface area (Å²) in [6.07, 6.45) is 1.53. The molecule has 21 heavy (non-hydrogen) atoms. The van der Waals surface area contributed by atoms with Crippen molar-refractivity contribution in [2.75, 3.05) is 11.8 Å². The summed E-state index contributed by atoms with van der Waals surface area (Å²) >= 11 is 0. The highest BCUT2D eigenvalue weighted by atomic mass is 32.2. The summed E-state index contributed by atoms with van der Waals surface area (Å²) in [7, 11) is -0.425. The maximum absolute atomic E-state index is 12.4. The molecule has 114 valence electrons. The molecule has 0 aliphatic rings. The summed E-state index contributed by atoms with van der Waals surface area (Å²) in [4.78, 5) is 0.175. The second-order valence-corrected chi connectivity index (χ2v) is 6.47. The van der Waals surface area contributed by atoms with Gasteiger partial charge in [-0.2, -0.15) is 0 Å². The van der Waals surface area contributed by atoms with Gasteiger partial charge in [0.05, 0.1) is 12.8 Å². The lowest BCUT2D eigenvalue weighted by Crippen LogP contribution is -2.13. The summed E-state index contributed by atoms with van der Waals surface area (Å²) in [5.41, 5.74) is 7.66. The molecule has 3 N–H and O–H groups in total. The Morgan fingerprint density at radius 3 is 2.62 bits per heavy atom. The van der Waals surface area contributed by atoms with Gasteiger partial charge in [-0.05, 0) is 30.7 Å². The lowest BCUT2D eigenvalue weighted by molar-refractivity contribution is 0.417. The van der Waals surface area contributed by atoms with Crippen molar-refractivity contribution in [3.8, 4) is 5.75 Å². The second-order valence-electron chi connectivity index (χ2n) is 4.79. The van der Waals surface area contributed by atoms with Crippen LogP contribution in [-0.2, 0) is 23.6 Å². The Bertz CT molecular complexity index is 751. The highest BCUT2D eigenvalue weighted by Crippen LogP contribution is 2.28. The topological polar surface area (TPSA) is 86.3 Å². The standard InChI is InChI=1S/C14H19N3O3S/c1-10-4-5-14(20-3)13(6-10)16-21(18,19)12-7-11(8-15)17(2)9-12/h4-7,9,16H,8,15H2,1-3H3. The quantitative estimate of drug-likeness (QED) is 0.878. The largest absolute Gasteiger partial charge is 0.495 e. The molecule has 1 aromatic heterocycles. The van der Waals surface area contributed by atoms with E-state index in [1.54, 1.807) is 29.8 Å². The first kappa shape index (κ1) is 15.4. The van der Waals surface area contributed by atoms with Crippen molar-refractivity contribution in [3.05, 3.63) is 41.7 Å². The van der Waals surface area contributed by atoms with Crippen molar-refractivity contribution in [2.45, 2.75) is 18.4 Å². The average Bonchev–Trinajstić information content (AvgIpc) is 2.81. The number of sulfonamides is 1. The molecule has 7 heteroatoms. The van der Waals surface area contributed by atoms with Crippen molar-refractivity contribution in [3.63, 3.8) is 0 Å². The second kappa shape index (κ2) is 5.79. The lowest BCUT2D eigenvalue weighted by Gasteiger charge is -2.11. The number of methoxy groups -OCH3 is 1. The van der Waals surface area contributed by atoms with E-state index in [0.717, 1.165) is 11.3 Å². The van der Waals surface area contributed by atoms with Gasteiger partial charge in [-0.15, -0.1) is 0 Å². The molecular weight excluding hydrogens is 290 g/mol. The first-order chi connectivity index (χ1) is 9.87. The summed E-state index contributed by atoms with van der Waals surface area (Å²) in [6, 6.07) is 6.86. The van der Waals surface area contributed by atoms with Gasteiger partial charge in [0.25, 0.3) is 10.0 Å². The van der Waals surface area contributed by atoms with Crippen molar-refractivity contribution in [1.82, 2.24) is 4.57 Å². The molecule has 0 aliphatic heterocycles. The van der Waals surface area contributed by atoms with Gasteiger partial charge in [0.1, 0.15) is 10.6 Å². The van der Waals surface area contributed by atoms with Crippen LogP contribution in [0.3, 0.4) is 0 Å². The number of aromatic nitrogens is 1. The molecule has 1 heterocycles. The predicted octanol–water partition coefficient (Wildman–Crippen LogP) is 1.60. The van der Waals surface area contributed by atoms with Crippen LogP contribution in [0, 0.1) is 6.92 Å². The highest BCUT2D eigenvalue weighted by molar-refractivity contribution is 7.92. The molecule has 0 unspecified atom stereocenters. The molecular formula is C14H19N3O3S. The number of hydrogen-bond donors (Lipinski definition) is 2. The van der Waals surface area contributed by atoms with Gasteiger partial charge in [0.2, 0.25) is 0 Å². The molecule has 0 amide bonds. The fourth-order valence-electron chi connectivity index (χ4n) is 2.03. The summed E-state index contributed by atoms with van der Waals surface area (Å²) in [5.74, 6) is 0.471. The van der Waals surface area contributed by atoms with Gasteiger partial charge in [-0.3, -0.25) is 4.72 Å². The number of hydrogen-bond acceptors (Lipinski definition) is 4. The molecule has 0 atom stereocenters. The van der Waals surface area contributed by atoms with Crippen molar-refractivity contribution < 1.29 is 13.2 Å². The maximum Gasteiger partial charge on any atom is 0.263 e. The fraction of sp³-hybridized carbons (Fsp3) is 0.286. The number of rotatable bonds is 5. The van der Waals surface area contributed by atoms with E-state index in [1.807, 2.05) is 13.0 Å². The van der Waals surface area contributed by atoms with Crippen LogP contribution in [0.2, 0.25) is 0 Å². The zero-order valence-electron chi connectivity index (χ0n) is 12.3. The molecule has 1 aromatic carbocycles. The van der Waals surface area contributed by atoms with Gasteiger partial charge in [-0.1, -0.05) is 6.07 Å². The Hall–Kier alpha value is -1.99. The highest BCUT2D eigenvalue weighted by Gasteiger charge is 2.19. The molecule has 0 radical (unpaired) electrons. The molecule has 0 bridgehead atoms. The zero-order valence-corrected chi connectivity index (χ0v) is 13.1. The summed E-state index contributed by atoms with van der Waals surface area (Å²) < 4.78 is 34.3. The van der Waals surface area contributed by atoms with E-state index in [4.69, 9.17) is 10.5 Å². The van der Waals surface area contributed by atoms with Crippen LogP contribution in [0.4, 0.5) is 5.69 Å². The van der Waals surface area contributed by atoms with Gasteiger partial charge < -0.3 is 15.0 Å². The third-order valence-electron chi connectivity index (χ3n) is 3.20. The first-order valence-electron chi connectivity index (χ1n) is 6.40. The number of nitrogens with one attached hydrogen (secondary N) is 1. The summed E-state index contributed by atoms with van der Waals surface area (Å²) in [5, 5.41) is 0. The van der Waals surface area contributed by atoms with E-state index >= 15 is 0 Å². The number of aryl methyl sites for hydroxylation is 2. The van der Waals surface area contributed by atoms with Gasteiger partial charge in [0, 0.05) is 25.5 Å². The molecule has 6 nitrogen and oxygen atoms in total. The van der Waals surface area contributed by atoms with Gasteiger partial charge >= 0.3 is 0 Å². The van der Waals surface area contributed by atoms with E-state index < -0.39 is 10.0 Å². The smallest absolute Gasteiger partial charge is 0.263 e. The fourth-order valence-corrected chi connectivity index (χ4v) is 3.19. The Morgan fingerprint density at radius 2 is 2.05 bits per heavy atom. The van der Waals surface area contributed by atoms with E-state index in [9.17, 15) is 8.42 Å². The number of anilines is 1. The number of nitrogens with two attached hydrogens (primary N) is 1. The van der Waals surface area contributed by atoms with Crippen LogP contribution in [0.25, 0.3) is 0 Å². The van der Waals surface area contributed by atoms with Crippen molar-refractivity contribution in [1.29, 1.82) is 0 Å². The minimum absolute atomic E-state index is 0.175. The molecule has 0 saturated carbocycles. The maximum atomic E-state index is 12.4. The molecule has 2 aromatic rings. The van der Waals surface area contributed by atoms with Crippen molar-refractivity contribution >= 4 is 15.7 Å². The van der Waals surface area contributed by atoms with Crippen LogP contribution in [0.5, 0.6) is 5.75 Å². The zero-order chi connectivity index (χ0) is 15.6. The molecule has 2 rings (SSSR count). The van der Waals surface area contributed by atoms with E-state index in [0.29, 0.717) is 11.4 Å². The molecule has 0 aliphatic carbocycles. The predicted molar refractivity (Wildman–Crippen MR) is 81.8 cm³/mol. The normalized spacial score (nSPS) is 11.4. The van der Waals surface area contributed by atoms with Crippen molar-refractivity contribution in [2.24, 2.45) is 12.8 Å². The third kappa shape index (κ3) is 3.20. The van der Waals surface area contributed by atoms with Crippen LogP contribution in [0.15, 0.2) is 35.4 Å². The van der Waals surface area contributed by atoms with Gasteiger partial charge in [-0.25, -0.2) is 8.42 Å². The minimum atomic E-state index is -3.68. The van der Waals surface area contributed by atoms with E-state index in [1.165, 1.54) is 13.3 Å². The summed E-state index contributed by atoms with van der Waals surface area (Å²) in [6.45, 7) is 2.16. The number of ether oxygens (including phenoxy) is 1. The van der Waals surface area contributed by atoms with Crippen LogP contribution in [0.1, 0.15) is 11.3 Å². The molecule has 0 saturated heterocycles. The Morgan fingerprint density at radius 1 is 1.33 bits per heavy atom. The monoisotopic (exact) mass is 309 g/mol. The number of nitrogens with zero attached hydrogens (tertiary/aromatic N) is 1. The van der Waals surface area contributed by atoms with Crippen LogP contribution < -0.4 is 15.2 Å². The van der Waals surface area contributed by atoms with E-state index in [2.05, 4.69) is 4.72 Å². The Kier molecular flexibility index (Phi) is 4.24. The Labute approximate surface area is 124 Å². The van der Waals surface area contributed by atoms with Gasteiger partial charge in [0.15, 0.2) is 0 Å². The van der Waals surface area contributed by atoms with Crippen LogP contribution in [-0.4, -0.2) is 20.1 Å². The Balaban J connectivity index is 2.39. The molecule has 0 fully saturated rings. The molecule has 0 spiro atoms. The minimum Gasteiger partial charge on any atom is -0.495 e. The number of benzene rings is 1. The average molecular weight is 309 g/mol. The first-order valence-corrected chi connectivity index (χ1v) is 7.88. The SMILES string of the molecule is COc1ccc(C)cc1NS(=O)(=O)c1cc(CN)n(C)c1. The third-order valence-corrected chi connectivity index (χ3v) is 4.53. The van der Waals surface area contributed by atoms with Crippen LogP contribution >= 0.6 is 0 Å². The van der Waals surface area contributed by atoms with E-state index in [-0.39, 0.29) is 11.4 Å². The lowest BCUT2D eigenvalue weighted by atomic mass is 10.2.